The lowest BCUT2D eigenvalue weighted by Gasteiger charge is -2.26. The molecule has 1 amide bonds. The molecule has 0 aliphatic carbocycles. The van der Waals surface area contributed by atoms with Gasteiger partial charge in [0.2, 0.25) is 15.9 Å². The van der Waals surface area contributed by atoms with Gasteiger partial charge in [0.05, 0.1) is 7.11 Å². The minimum absolute atomic E-state index is 0.0957. The van der Waals surface area contributed by atoms with E-state index < -0.39 is 10.0 Å². The van der Waals surface area contributed by atoms with Crippen LogP contribution in [0.15, 0.2) is 58.3 Å². The van der Waals surface area contributed by atoms with Crippen molar-refractivity contribution in [2.24, 2.45) is 0 Å². The van der Waals surface area contributed by atoms with E-state index in [1.54, 1.807) is 23.9 Å². The molecule has 0 unspecified atom stereocenters. The van der Waals surface area contributed by atoms with Crippen molar-refractivity contribution < 1.29 is 17.9 Å². The van der Waals surface area contributed by atoms with Gasteiger partial charge in [-0.25, -0.2) is 8.42 Å². The summed E-state index contributed by atoms with van der Waals surface area (Å²) in [6, 6.07) is 14.6. The molecule has 29 heavy (non-hydrogen) atoms. The van der Waals surface area contributed by atoms with Gasteiger partial charge in [-0.05, 0) is 43.2 Å². The van der Waals surface area contributed by atoms with Crippen molar-refractivity contribution in [3.8, 4) is 5.75 Å². The van der Waals surface area contributed by atoms with Crippen molar-refractivity contribution in [3.05, 3.63) is 48.5 Å². The van der Waals surface area contributed by atoms with E-state index in [9.17, 15) is 13.2 Å². The number of amides is 1. The molecule has 1 heterocycles. The highest BCUT2D eigenvalue weighted by atomic mass is 32.2. The molecule has 0 saturated carbocycles. The summed E-state index contributed by atoms with van der Waals surface area (Å²) in [7, 11) is -2.22. The number of nitrogens with zero attached hydrogens (tertiary/aromatic N) is 1. The Morgan fingerprint density at radius 3 is 2.52 bits per heavy atom. The minimum Gasteiger partial charge on any atom is -0.495 e. The molecule has 0 bridgehead atoms. The van der Waals surface area contributed by atoms with Crippen molar-refractivity contribution in [1.29, 1.82) is 0 Å². The van der Waals surface area contributed by atoms with Crippen molar-refractivity contribution in [2.75, 3.05) is 31.3 Å². The van der Waals surface area contributed by atoms with Crippen molar-refractivity contribution in [3.63, 3.8) is 0 Å². The molecular weight excluding hydrogens is 408 g/mol. The average Bonchev–Trinajstić information content (AvgIpc) is 2.75. The Balaban J connectivity index is 1.67. The fraction of sp³-hybridized carbons (Fsp3) is 0.381. The lowest BCUT2D eigenvalue weighted by molar-refractivity contribution is -0.115. The molecule has 2 aromatic carbocycles. The number of anilines is 1. The standard InChI is InChI=1S/C21H26N2O4S2/c1-27-19-11-10-17(16-20(19)29(25,26)23-13-6-3-7-14-23)22-21(24)12-15-28-18-8-4-2-5-9-18/h2,4-5,8-11,16H,3,6-7,12-15H2,1H3,(H,22,24). The second kappa shape index (κ2) is 10.1. The first-order chi connectivity index (χ1) is 14.0. The van der Waals surface area contributed by atoms with Crippen LogP contribution >= 0.6 is 11.8 Å². The van der Waals surface area contributed by atoms with Gasteiger partial charge in [0.1, 0.15) is 10.6 Å². The number of thioether (sulfide) groups is 1. The maximum atomic E-state index is 13.1. The van der Waals surface area contributed by atoms with Crippen molar-refractivity contribution in [1.82, 2.24) is 4.31 Å². The number of benzene rings is 2. The molecule has 1 fully saturated rings. The maximum absolute atomic E-state index is 13.1. The zero-order valence-corrected chi connectivity index (χ0v) is 18.1. The van der Waals surface area contributed by atoms with Gasteiger partial charge in [-0.2, -0.15) is 4.31 Å². The molecule has 156 valence electrons. The van der Waals surface area contributed by atoms with E-state index in [0.717, 1.165) is 24.2 Å². The number of nitrogens with one attached hydrogen (secondary N) is 1. The molecule has 0 spiro atoms. The molecule has 8 heteroatoms. The van der Waals surface area contributed by atoms with Crippen LogP contribution in [0.4, 0.5) is 5.69 Å². The van der Waals surface area contributed by atoms with Crippen LogP contribution in [0, 0.1) is 0 Å². The number of piperidine rings is 1. The van der Waals surface area contributed by atoms with Crippen LogP contribution in [-0.4, -0.2) is 44.6 Å². The van der Waals surface area contributed by atoms with Gasteiger partial charge >= 0.3 is 0 Å². The highest BCUT2D eigenvalue weighted by Crippen LogP contribution is 2.31. The maximum Gasteiger partial charge on any atom is 0.246 e. The van der Waals surface area contributed by atoms with Gasteiger partial charge < -0.3 is 10.1 Å². The van der Waals surface area contributed by atoms with E-state index in [4.69, 9.17) is 4.74 Å². The summed E-state index contributed by atoms with van der Waals surface area (Å²) in [6.07, 6.45) is 3.09. The molecule has 1 saturated heterocycles. The molecule has 0 atom stereocenters. The summed E-state index contributed by atoms with van der Waals surface area (Å²) in [5, 5.41) is 2.80. The van der Waals surface area contributed by atoms with Crippen LogP contribution in [0.2, 0.25) is 0 Å². The van der Waals surface area contributed by atoms with Gasteiger partial charge in [0.25, 0.3) is 0 Å². The van der Waals surface area contributed by atoms with E-state index in [2.05, 4.69) is 5.32 Å². The van der Waals surface area contributed by atoms with E-state index in [1.807, 2.05) is 30.3 Å². The summed E-state index contributed by atoms with van der Waals surface area (Å²) >= 11 is 1.61. The first-order valence-electron chi connectivity index (χ1n) is 9.66. The molecule has 1 aliphatic rings. The topological polar surface area (TPSA) is 75.7 Å². The molecule has 2 aromatic rings. The van der Waals surface area contributed by atoms with Gasteiger partial charge in [-0.15, -0.1) is 11.8 Å². The number of hydrogen-bond acceptors (Lipinski definition) is 5. The number of ether oxygens (including phenoxy) is 1. The van der Waals surface area contributed by atoms with Crippen LogP contribution in [-0.2, 0) is 14.8 Å². The van der Waals surface area contributed by atoms with E-state index in [0.29, 0.717) is 31.0 Å². The number of methoxy groups -OCH3 is 1. The van der Waals surface area contributed by atoms with Crippen molar-refractivity contribution in [2.45, 2.75) is 35.5 Å². The summed E-state index contributed by atoms with van der Waals surface area (Å²) in [4.78, 5) is 13.5. The predicted octanol–water partition coefficient (Wildman–Crippen LogP) is 3.99. The van der Waals surface area contributed by atoms with Crippen LogP contribution in [0.5, 0.6) is 5.75 Å². The third kappa shape index (κ3) is 5.74. The highest BCUT2D eigenvalue weighted by Gasteiger charge is 2.29. The fourth-order valence-electron chi connectivity index (χ4n) is 3.20. The lowest BCUT2D eigenvalue weighted by Crippen LogP contribution is -2.35. The fourth-order valence-corrected chi connectivity index (χ4v) is 5.77. The molecule has 3 rings (SSSR count). The SMILES string of the molecule is COc1ccc(NC(=O)CCSc2ccccc2)cc1S(=O)(=O)N1CCCCC1. The second-order valence-corrected chi connectivity index (χ2v) is 9.86. The number of rotatable bonds is 8. The summed E-state index contributed by atoms with van der Waals surface area (Å²) < 4.78 is 32.9. The zero-order valence-electron chi connectivity index (χ0n) is 16.5. The first-order valence-corrected chi connectivity index (χ1v) is 12.1. The summed E-state index contributed by atoms with van der Waals surface area (Å²) in [5.41, 5.74) is 0.455. The van der Waals surface area contributed by atoms with E-state index >= 15 is 0 Å². The lowest BCUT2D eigenvalue weighted by atomic mass is 10.2. The molecule has 6 nitrogen and oxygen atoms in total. The second-order valence-electron chi connectivity index (χ2n) is 6.79. The molecule has 0 aromatic heterocycles. The Morgan fingerprint density at radius 2 is 1.83 bits per heavy atom. The Bertz CT molecular complexity index is 927. The van der Waals surface area contributed by atoms with Crippen LogP contribution in [0.3, 0.4) is 0 Å². The highest BCUT2D eigenvalue weighted by molar-refractivity contribution is 7.99. The molecule has 0 radical (unpaired) electrons. The van der Waals surface area contributed by atoms with E-state index in [1.165, 1.54) is 17.5 Å². The molecule has 1 aliphatic heterocycles. The van der Waals surface area contributed by atoms with E-state index in [-0.39, 0.29) is 16.6 Å². The first kappa shape index (κ1) is 21.7. The van der Waals surface area contributed by atoms with Crippen LogP contribution in [0.25, 0.3) is 0 Å². The average molecular weight is 435 g/mol. The van der Waals surface area contributed by atoms with Crippen LogP contribution in [0.1, 0.15) is 25.7 Å². The number of hydrogen-bond donors (Lipinski definition) is 1. The van der Waals surface area contributed by atoms with Crippen molar-refractivity contribution >= 4 is 33.4 Å². The third-order valence-electron chi connectivity index (χ3n) is 4.72. The molecular formula is C21H26N2O4S2. The summed E-state index contributed by atoms with van der Waals surface area (Å²) in [6.45, 7) is 1.03. The smallest absolute Gasteiger partial charge is 0.246 e. The van der Waals surface area contributed by atoms with Crippen LogP contribution < -0.4 is 10.1 Å². The zero-order chi connectivity index (χ0) is 20.7. The Kier molecular flexibility index (Phi) is 7.57. The van der Waals surface area contributed by atoms with Gasteiger partial charge in [-0.3, -0.25) is 4.79 Å². The van der Waals surface area contributed by atoms with Gasteiger partial charge in [0, 0.05) is 35.8 Å². The van der Waals surface area contributed by atoms with Gasteiger partial charge in [-0.1, -0.05) is 24.6 Å². The Labute approximate surface area is 176 Å². The minimum atomic E-state index is -3.66. The van der Waals surface area contributed by atoms with Gasteiger partial charge in [0.15, 0.2) is 0 Å². The third-order valence-corrected chi connectivity index (χ3v) is 7.65. The summed E-state index contributed by atoms with van der Waals surface area (Å²) in [5.74, 6) is 0.776. The predicted molar refractivity (Wildman–Crippen MR) is 116 cm³/mol. The molecule has 1 N–H and O–H groups in total. The Morgan fingerprint density at radius 1 is 1.10 bits per heavy atom. The number of carbonyl (C=O) groups excluding carboxylic acids is 1. The quantitative estimate of drug-likeness (QED) is 0.636. The monoisotopic (exact) mass is 434 g/mol. The Hall–Kier alpha value is -2.03. The number of sulfonamides is 1. The largest absolute Gasteiger partial charge is 0.495 e. The normalized spacial score (nSPS) is 15.1. The number of carbonyl (C=O) groups is 1.